The lowest BCUT2D eigenvalue weighted by Gasteiger charge is -2.36. The van der Waals surface area contributed by atoms with Crippen molar-refractivity contribution >= 4 is 5.69 Å². The number of halogens is 1. The first-order chi connectivity index (χ1) is 8.85. The first kappa shape index (κ1) is 13.9. The molecule has 0 aromatic heterocycles. The SMILES string of the molecule is CC1(O)CCCN(Cc2cc(F)cc([N+](=O)[O-])c2)C1. The van der Waals surface area contributed by atoms with E-state index in [0.29, 0.717) is 18.7 Å². The van der Waals surface area contributed by atoms with Gasteiger partial charge in [-0.1, -0.05) is 0 Å². The summed E-state index contributed by atoms with van der Waals surface area (Å²) in [4.78, 5) is 12.1. The number of benzene rings is 1. The Morgan fingerprint density at radius 3 is 2.89 bits per heavy atom. The summed E-state index contributed by atoms with van der Waals surface area (Å²) in [7, 11) is 0. The van der Waals surface area contributed by atoms with E-state index in [4.69, 9.17) is 0 Å². The fourth-order valence-electron chi connectivity index (χ4n) is 2.55. The van der Waals surface area contributed by atoms with Crippen molar-refractivity contribution in [2.24, 2.45) is 0 Å². The van der Waals surface area contributed by atoms with E-state index in [1.54, 1.807) is 6.92 Å². The number of nitro groups is 1. The zero-order valence-electron chi connectivity index (χ0n) is 10.8. The first-order valence-corrected chi connectivity index (χ1v) is 6.24. The van der Waals surface area contributed by atoms with Crippen molar-refractivity contribution < 1.29 is 14.4 Å². The quantitative estimate of drug-likeness (QED) is 0.673. The molecule has 0 aliphatic carbocycles. The minimum Gasteiger partial charge on any atom is -0.389 e. The van der Waals surface area contributed by atoms with Crippen LogP contribution in [0.4, 0.5) is 10.1 Å². The fraction of sp³-hybridized carbons (Fsp3) is 0.538. The standard InChI is InChI=1S/C13H17FN2O3/c1-13(17)3-2-4-15(9-13)8-10-5-11(14)7-12(6-10)16(18)19/h5-7,17H,2-4,8-9H2,1H3. The summed E-state index contributed by atoms with van der Waals surface area (Å²) in [6, 6.07) is 3.60. The van der Waals surface area contributed by atoms with Gasteiger partial charge in [0, 0.05) is 19.2 Å². The molecule has 0 radical (unpaired) electrons. The minimum absolute atomic E-state index is 0.237. The van der Waals surface area contributed by atoms with Crippen molar-refractivity contribution in [2.45, 2.75) is 31.9 Å². The highest BCUT2D eigenvalue weighted by Crippen LogP contribution is 2.23. The predicted molar refractivity (Wildman–Crippen MR) is 68.2 cm³/mol. The van der Waals surface area contributed by atoms with Crippen molar-refractivity contribution in [1.82, 2.24) is 4.90 Å². The lowest BCUT2D eigenvalue weighted by atomic mass is 9.95. The van der Waals surface area contributed by atoms with Crippen LogP contribution in [0.15, 0.2) is 18.2 Å². The van der Waals surface area contributed by atoms with Gasteiger partial charge in [-0.2, -0.15) is 0 Å². The van der Waals surface area contributed by atoms with Gasteiger partial charge >= 0.3 is 0 Å². The number of likely N-dealkylation sites (tertiary alicyclic amines) is 1. The van der Waals surface area contributed by atoms with Gasteiger partial charge in [-0.3, -0.25) is 15.0 Å². The molecule has 1 unspecified atom stereocenters. The summed E-state index contributed by atoms with van der Waals surface area (Å²) < 4.78 is 13.3. The lowest BCUT2D eigenvalue weighted by Crippen LogP contribution is -2.45. The molecule has 1 heterocycles. The molecular weight excluding hydrogens is 251 g/mol. The third-order valence-corrected chi connectivity index (χ3v) is 3.31. The number of β-amino-alcohol motifs (C(OH)–C–C–N with tert-alkyl or cyclic N) is 1. The average molecular weight is 268 g/mol. The van der Waals surface area contributed by atoms with Gasteiger partial charge in [0.1, 0.15) is 5.82 Å². The second kappa shape index (κ2) is 5.22. The molecule has 1 aromatic carbocycles. The summed E-state index contributed by atoms with van der Waals surface area (Å²) in [6.45, 7) is 3.49. The molecule has 1 atom stereocenters. The van der Waals surface area contributed by atoms with Crippen molar-refractivity contribution in [2.75, 3.05) is 13.1 Å². The first-order valence-electron chi connectivity index (χ1n) is 6.24. The number of aliphatic hydroxyl groups is 1. The van der Waals surface area contributed by atoms with Gasteiger partial charge in [0.05, 0.1) is 16.6 Å². The zero-order valence-corrected chi connectivity index (χ0v) is 10.8. The average Bonchev–Trinajstić information content (AvgIpc) is 2.26. The Morgan fingerprint density at radius 1 is 1.53 bits per heavy atom. The van der Waals surface area contributed by atoms with E-state index in [0.717, 1.165) is 25.5 Å². The van der Waals surface area contributed by atoms with Crippen LogP contribution in [0.25, 0.3) is 0 Å². The number of piperidine rings is 1. The molecule has 0 bridgehead atoms. The van der Waals surface area contributed by atoms with Gasteiger partial charge in [0.25, 0.3) is 5.69 Å². The van der Waals surface area contributed by atoms with E-state index < -0.39 is 16.3 Å². The Labute approximate surface area is 110 Å². The molecule has 1 aliphatic heterocycles. The smallest absolute Gasteiger partial charge is 0.272 e. The van der Waals surface area contributed by atoms with Crippen molar-refractivity contribution in [3.8, 4) is 0 Å². The van der Waals surface area contributed by atoms with Crippen LogP contribution in [0, 0.1) is 15.9 Å². The van der Waals surface area contributed by atoms with E-state index in [2.05, 4.69) is 0 Å². The Kier molecular flexibility index (Phi) is 3.82. The summed E-state index contributed by atoms with van der Waals surface area (Å²) in [5.74, 6) is -0.604. The number of nitrogens with zero attached hydrogens (tertiary/aromatic N) is 2. The second-order valence-electron chi connectivity index (χ2n) is 5.39. The topological polar surface area (TPSA) is 66.6 Å². The van der Waals surface area contributed by atoms with Crippen LogP contribution >= 0.6 is 0 Å². The molecule has 0 amide bonds. The van der Waals surface area contributed by atoms with Gasteiger partial charge in [0.2, 0.25) is 0 Å². The molecule has 1 aliphatic rings. The number of hydrogen-bond donors (Lipinski definition) is 1. The Hall–Kier alpha value is -1.53. The summed E-state index contributed by atoms with van der Waals surface area (Å²) in [6.07, 6.45) is 1.61. The van der Waals surface area contributed by atoms with E-state index in [-0.39, 0.29) is 5.69 Å². The maximum atomic E-state index is 13.3. The molecule has 6 heteroatoms. The van der Waals surface area contributed by atoms with Crippen molar-refractivity contribution in [3.05, 3.63) is 39.7 Å². The maximum absolute atomic E-state index is 13.3. The van der Waals surface area contributed by atoms with Crippen LogP contribution in [0.1, 0.15) is 25.3 Å². The highest BCUT2D eigenvalue weighted by Gasteiger charge is 2.28. The van der Waals surface area contributed by atoms with Crippen LogP contribution < -0.4 is 0 Å². The highest BCUT2D eigenvalue weighted by atomic mass is 19.1. The second-order valence-corrected chi connectivity index (χ2v) is 5.39. The Balaban J connectivity index is 2.12. The van der Waals surface area contributed by atoms with Gasteiger partial charge in [-0.05, 0) is 37.9 Å². The number of non-ortho nitro benzene ring substituents is 1. The molecule has 5 nitrogen and oxygen atoms in total. The van der Waals surface area contributed by atoms with Crippen molar-refractivity contribution in [1.29, 1.82) is 0 Å². The number of hydrogen-bond acceptors (Lipinski definition) is 4. The molecule has 0 saturated carbocycles. The summed E-state index contributed by atoms with van der Waals surface area (Å²) in [5, 5.41) is 20.7. The molecule has 104 valence electrons. The van der Waals surface area contributed by atoms with Crippen LogP contribution in [0.2, 0.25) is 0 Å². The maximum Gasteiger partial charge on any atom is 0.272 e. The van der Waals surface area contributed by atoms with Gasteiger partial charge in [-0.15, -0.1) is 0 Å². The molecule has 1 aromatic rings. The van der Waals surface area contributed by atoms with Gasteiger partial charge in [0.15, 0.2) is 0 Å². The largest absolute Gasteiger partial charge is 0.389 e. The van der Waals surface area contributed by atoms with Crippen molar-refractivity contribution in [3.63, 3.8) is 0 Å². The van der Waals surface area contributed by atoms with E-state index in [1.807, 2.05) is 4.90 Å². The zero-order chi connectivity index (χ0) is 14.0. The van der Waals surface area contributed by atoms with E-state index in [9.17, 15) is 19.6 Å². The van der Waals surface area contributed by atoms with Crippen LogP contribution in [0.5, 0.6) is 0 Å². The highest BCUT2D eigenvalue weighted by molar-refractivity contribution is 5.35. The van der Waals surface area contributed by atoms with Crippen LogP contribution in [0.3, 0.4) is 0 Å². The molecule has 19 heavy (non-hydrogen) atoms. The number of nitro benzene ring substituents is 1. The van der Waals surface area contributed by atoms with Crippen LogP contribution in [-0.2, 0) is 6.54 Å². The molecular formula is C13H17FN2O3. The Morgan fingerprint density at radius 2 is 2.26 bits per heavy atom. The van der Waals surface area contributed by atoms with Gasteiger partial charge in [-0.25, -0.2) is 4.39 Å². The molecule has 2 rings (SSSR count). The van der Waals surface area contributed by atoms with Gasteiger partial charge < -0.3 is 5.11 Å². The fourth-order valence-corrected chi connectivity index (χ4v) is 2.55. The van der Waals surface area contributed by atoms with E-state index in [1.165, 1.54) is 12.1 Å². The third-order valence-electron chi connectivity index (χ3n) is 3.31. The third kappa shape index (κ3) is 3.71. The molecule has 1 saturated heterocycles. The minimum atomic E-state index is -0.739. The normalized spacial score (nSPS) is 24.4. The monoisotopic (exact) mass is 268 g/mol. The molecule has 0 spiro atoms. The predicted octanol–water partition coefficient (Wildman–Crippen LogP) is 2.08. The molecule has 1 fully saturated rings. The summed E-state index contributed by atoms with van der Waals surface area (Å²) in [5.41, 5.74) is -0.416. The van der Waals surface area contributed by atoms with E-state index >= 15 is 0 Å². The van der Waals surface area contributed by atoms with Crippen LogP contribution in [-0.4, -0.2) is 33.6 Å². The lowest BCUT2D eigenvalue weighted by molar-refractivity contribution is -0.385. The molecule has 1 N–H and O–H groups in total. The number of rotatable bonds is 3. The summed E-state index contributed by atoms with van der Waals surface area (Å²) >= 11 is 0. The Bertz CT molecular complexity index is 491.